The number of quaternary nitrogens is 1. The summed E-state index contributed by atoms with van der Waals surface area (Å²) in [5, 5.41) is 0. The molecule has 1 aliphatic heterocycles. The minimum Gasteiger partial charge on any atom is -0.326 e. The number of carbonyl (C=O) groups is 1. The average Bonchev–Trinajstić information content (AvgIpc) is 2.77. The average molecular weight is 395 g/mol. The molecular weight excluding hydrogens is 374 g/mol. The number of halogens is 2. The van der Waals surface area contributed by atoms with E-state index in [1.165, 1.54) is 47.8 Å². The number of benzene rings is 2. The molecule has 7 heteroatoms. The molecule has 0 saturated carbocycles. The van der Waals surface area contributed by atoms with Gasteiger partial charge in [-0.3, -0.25) is 9.78 Å². The summed E-state index contributed by atoms with van der Waals surface area (Å²) in [5.41, 5.74) is 2.26. The Morgan fingerprint density at radius 2 is 1.45 bits per heavy atom. The van der Waals surface area contributed by atoms with E-state index in [0.29, 0.717) is 31.9 Å². The smallest absolute Gasteiger partial charge is 0.274 e. The Labute approximate surface area is 167 Å². The van der Waals surface area contributed by atoms with Gasteiger partial charge in [-0.2, -0.15) is 0 Å². The van der Waals surface area contributed by atoms with Crippen molar-refractivity contribution in [2.75, 3.05) is 26.2 Å². The lowest BCUT2D eigenvalue weighted by molar-refractivity contribution is -0.929. The second-order valence-corrected chi connectivity index (χ2v) is 7.08. The Kier molecular flexibility index (Phi) is 5.57. The van der Waals surface area contributed by atoms with Crippen molar-refractivity contribution < 1.29 is 18.5 Å². The van der Waals surface area contributed by atoms with E-state index in [2.05, 4.69) is 9.97 Å². The van der Waals surface area contributed by atoms with E-state index in [0.717, 1.165) is 11.1 Å². The first-order valence-electron chi connectivity index (χ1n) is 9.52. The van der Waals surface area contributed by atoms with Crippen LogP contribution in [-0.2, 0) is 0 Å². The van der Waals surface area contributed by atoms with Crippen LogP contribution >= 0.6 is 0 Å². The normalized spacial score (nSPS) is 14.9. The second-order valence-electron chi connectivity index (χ2n) is 7.08. The molecule has 1 aliphatic rings. The first-order valence-corrected chi connectivity index (χ1v) is 9.52. The zero-order chi connectivity index (χ0) is 20.2. The third-order valence-corrected chi connectivity index (χ3v) is 5.29. The van der Waals surface area contributed by atoms with Crippen LogP contribution in [0.4, 0.5) is 8.78 Å². The number of nitrogens with one attached hydrogen (secondary N) is 1. The first-order chi connectivity index (χ1) is 14.1. The molecule has 0 atom stereocenters. The number of hydrogen-bond acceptors (Lipinski definition) is 3. The van der Waals surface area contributed by atoms with Crippen LogP contribution in [0.1, 0.15) is 27.7 Å². The van der Waals surface area contributed by atoms with E-state index < -0.39 is 0 Å². The second kappa shape index (κ2) is 8.45. The Bertz CT molecular complexity index is 911. The molecule has 4 rings (SSSR count). The highest BCUT2D eigenvalue weighted by Crippen LogP contribution is 2.21. The van der Waals surface area contributed by atoms with Crippen LogP contribution < -0.4 is 4.90 Å². The van der Waals surface area contributed by atoms with Gasteiger partial charge in [0.2, 0.25) is 0 Å². The Hall–Kier alpha value is -3.19. The summed E-state index contributed by atoms with van der Waals surface area (Å²) in [4.78, 5) is 23.7. The molecule has 29 heavy (non-hydrogen) atoms. The van der Waals surface area contributed by atoms with Gasteiger partial charge in [-0.25, -0.2) is 13.8 Å². The van der Waals surface area contributed by atoms with Crippen molar-refractivity contribution >= 4 is 5.91 Å². The molecule has 0 radical (unpaired) electrons. The monoisotopic (exact) mass is 395 g/mol. The maximum absolute atomic E-state index is 13.4. The zero-order valence-electron chi connectivity index (χ0n) is 15.8. The summed E-state index contributed by atoms with van der Waals surface area (Å²) < 4.78 is 26.9. The van der Waals surface area contributed by atoms with Gasteiger partial charge in [-0.05, 0) is 48.5 Å². The molecule has 1 aromatic heterocycles. The molecule has 1 fully saturated rings. The van der Waals surface area contributed by atoms with Crippen molar-refractivity contribution in [2.45, 2.75) is 6.04 Å². The predicted molar refractivity (Wildman–Crippen MR) is 103 cm³/mol. The molecule has 1 saturated heterocycles. The summed E-state index contributed by atoms with van der Waals surface area (Å²) in [5.74, 6) is -0.709. The van der Waals surface area contributed by atoms with E-state index in [1.54, 1.807) is 29.2 Å². The molecule has 0 unspecified atom stereocenters. The summed E-state index contributed by atoms with van der Waals surface area (Å²) >= 11 is 0. The highest BCUT2D eigenvalue weighted by atomic mass is 19.1. The number of hydrogen-bond donors (Lipinski definition) is 1. The van der Waals surface area contributed by atoms with E-state index >= 15 is 0 Å². The predicted octanol–water partition coefficient (Wildman–Crippen LogP) is 1.89. The highest BCUT2D eigenvalue weighted by molar-refractivity contribution is 5.91. The van der Waals surface area contributed by atoms with Crippen LogP contribution in [0, 0.1) is 11.6 Å². The molecule has 1 N–H and O–H groups in total. The molecule has 2 heterocycles. The maximum atomic E-state index is 13.4. The molecule has 0 bridgehead atoms. The minimum absolute atomic E-state index is 0.0648. The maximum Gasteiger partial charge on any atom is 0.274 e. The SMILES string of the molecule is O=C(c1cnccn1)N1CC[NH+](C(c2ccc(F)cc2)c2ccc(F)cc2)CC1. The largest absolute Gasteiger partial charge is 0.326 e. The number of aromatic nitrogens is 2. The number of piperazine rings is 1. The minimum atomic E-state index is -0.291. The number of amides is 1. The van der Waals surface area contributed by atoms with Crippen LogP contribution in [0.15, 0.2) is 67.1 Å². The Balaban J connectivity index is 1.54. The molecule has 0 spiro atoms. The Morgan fingerprint density at radius 3 is 1.93 bits per heavy atom. The topological polar surface area (TPSA) is 50.5 Å². The summed E-state index contributed by atoms with van der Waals surface area (Å²) in [7, 11) is 0. The molecule has 5 nitrogen and oxygen atoms in total. The van der Waals surface area contributed by atoms with Crippen molar-refractivity contribution in [3.63, 3.8) is 0 Å². The fourth-order valence-corrected chi connectivity index (χ4v) is 3.83. The third kappa shape index (κ3) is 4.30. The molecule has 148 valence electrons. The highest BCUT2D eigenvalue weighted by Gasteiger charge is 2.32. The fraction of sp³-hybridized carbons (Fsp3) is 0.227. The summed E-state index contributed by atoms with van der Waals surface area (Å²) in [6.45, 7) is 2.57. The lowest BCUT2D eigenvalue weighted by Gasteiger charge is -2.36. The van der Waals surface area contributed by atoms with Gasteiger partial charge in [0.05, 0.1) is 32.4 Å². The van der Waals surface area contributed by atoms with Crippen molar-refractivity contribution in [1.82, 2.24) is 14.9 Å². The van der Waals surface area contributed by atoms with E-state index in [-0.39, 0.29) is 23.6 Å². The van der Waals surface area contributed by atoms with Crippen molar-refractivity contribution in [1.29, 1.82) is 0 Å². The third-order valence-electron chi connectivity index (χ3n) is 5.29. The van der Waals surface area contributed by atoms with Gasteiger partial charge in [0, 0.05) is 23.5 Å². The lowest BCUT2D eigenvalue weighted by atomic mass is 9.96. The van der Waals surface area contributed by atoms with Gasteiger partial charge in [0.25, 0.3) is 5.91 Å². The van der Waals surface area contributed by atoms with Crippen molar-refractivity contribution in [2.24, 2.45) is 0 Å². The number of rotatable bonds is 4. The zero-order valence-corrected chi connectivity index (χ0v) is 15.8. The van der Waals surface area contributed by atoms with Crippen LogP contribution in [0.25, 0.3) is 0 Å². The quantitative estimate of drug-likeness (QED) is 0.734. The van der Waals surface area contributed by atoms with Gasteiger partial charge in [-0.1, -0.05) is 0 Å². The fourth-order valence-electron chi connectivity index (χ4n) is 3.83. The molecule has 0 aliphatic carbocycles. The van der Waals surface area contributed by atoms with E-state index in [9.17, 15) is 13.6 Å². The summed E-state index contributed by atoms with van der Waals surface area (Å²) in [6, 6.07) is 12.8. The summed E-state index contributed by atoms with van der Waals surface area (Å²) in [6.07, 6.45) is 4.52. The van der Waals surface area contributed by atoms with E-state index in [4.69, 9.17) is 0 Å². The van der Waals surface area contributed by atoms with Crippen molar-refractivity contribution in [3.8, 4) is 0 Å². The molecular formula is C22H21F2N4O+. The van der Waals surface area contributed by atoms with Crippen molar-refractivity contribution in [3.05, 3.63) is 95.6 Å². The van der Waals surface area contributed by atoms with Gasteiger partial charge in [0.1, 0.15) is 23.4 Å². The number of nitrogens with zero attached hydrogens (tertiary/aromatic N) is 3. The molecule has 1 amide bonds. The van der Waals surface area contributed by atoms with Crippen LogP contribution in [0.5, 0.6) is 0 Å². The van der Waals surface area contributed by atoms with Crippen LogP contribution in [-0.4, -0.2) is 47.0 Å². The van der Waals surface area contributed by atoms with Gasteiger partial charge in [0.15, 0.2) is 0 Å². The number of carbonyl (C=O) groups excluding carboxylic acids is 1. The molecule has 3 aromatic rings. The van der Waals surface area contributed by atoms with Gasteiger partial charge >= 0.3 is 0 Å². The van der Waals surface area contributed by atoms with Gasteiger partial charge in [-0.15, -0.1) is 0 Å². The van der Waals surface area contributed by atoms with Gasteiger partial charge < -0.3 is 9.80 Å². The first kappa shape index (κ1) is 19.1. The standard InChI is InChI=1S/C22H20F2N4O/c23-18-5-1-16(2-6-18)21(17-3-7-19(24)8-4-17)27-11-13-28(14-12-27)22(29)20-15-25-9-10-26-20/h1-10,15,21H,11-14H2/p+1. The lowest BCUT2D eigenvalue weighted by Crippen LogP contribution is -3.15. The van der Waals surface area contributed by atoms with E-state index in [1.807, 2.05) is 0 Å². The molecule has 2 aromatic carbocycles. The van der Waals surface area contributed by atoms with Crippen LogP contribution in [0.3, 0.4) is 0 Å². The van der Waals surface area contributed by atoms with Crippen LogP contribution in [0.2, 0.25) is 0 Å². The Morgan fingerprint density at radius 1 is 0.897 bits per heavy atom.